The summed E-state index contributed by atoms with van der Waals surface area (Å²) < 4.78 is 13.5. The molecule has 1 unspecified atom stereocenters. The molecule has 0 radical (unpaired) electrons. The molecule has 1 aliphatic carbocycles. The lowest BCUT2D eigenvalue weighted by molar-refractivity contribution is 0.115. The third-order valence-corrected chi connectivity index (χ3v) is 3.41. The first-order chi connectivity index (χ1) is 7.18. The van der Waals surface area contributed by atoms with Gasteiger partial charge in [0.25, 0.3) is 0 Å². The van der Waals surface area contributed by atoms with Gasteiger partial charge in [-0.1, -0.05) is 43.0 Å². The number of halogens is 2. The minimum absolute atomic E-state index is 0.0835. The summed E-state index contributed by atoms with van der Waals surface area (Å²) in [5, 5.41) is 9.95. The third kappa shape index (κ3) is 2.32. The predicted molar refractivity (Wildman–Crippen MR) is 58.3 cm³/mol. The van der Waals surface area contributed by atoms with Crippen LogP contribution in [0.5, 0.6) is 0 Å². The summed E-state index contributed by atoms with van der Waals surface area (Å²) in [6.07, 6.45) is 3.47. The van der Waals surface area contributed by atoms with Gasteiger partial charge in [0, 0.05) is 5.56 Å². The lowest BCUT2D eigenvalue weighted by Crippen LogP contribution is -2.15. The van der Waals surface area contributed by atoms with Crippen LogP contribution in [0.3, 0.4) is 0 Å². The molecule has 15 heavy (non-hydrogen) atoms. The SMILES string of the molecule is OC(CC1CCC1)c1cccc(Cl)c1F. The van der Waals surface area contributed by atoms with E-state index in [2.05, 4.69) is 0 Å². The van der Waals surface area contributed by atoms with E-state index in [0.717, 1.165) is 12.8 Å². The second-order valence-electron chi connectivity index (χ2n) is 4.19. The Labute approximate surface area is 93.9 Å². The summed E-state index contributed by atoms with van der Waals surface area (Å²) >= 11 is 5.66. The molecule has 1 aliphatic rings. The highest BCUT2D eigenvalue weighted by Gasteiger charge is 2.23. The van der Waals surface area contributed by atoms with Crippen LogP contribution in [-0.2, 0) is 0 Å². The molecule has 0 saturated heterocycles. The van der Waals surface area contributed by atoms with Crippen LogP contribution in [0.15, 0.2) is 18.2 Å². The molecule has 0 aromatic heterocycles. The number of benzene rings is 1. The van der Waals surface area contributed by atoms with Crippen molar-refractivity contribution in [2.24, 2.45) is 5.92 Å². The largest absolute Gasteiger partial charge is 0.388 e. The zero-order valence-electron chi connectivity index (χ0n) is 8.42. The fourth-order valence-electron chi connectivity index (χ4n) is 1.95. The van der Waals surface area contributed by atoms with Crippen LogP contribution in [0.1, 0.15) is 37.4 Å². The average Bonchev–Trinajstić information content (AvgIpc) is 2.15. The van der Waals surface area contributed by atoms with Crippen molar-refractivity contribution in [1.29, 1.82) is 0 Å². The maximum absolute atomic E-state index is 13.5. The fraction of sp³-hybridized carbons (Fsp3) is 0.500. The minimum Gasteiger partial charge on any atom is -0.388 e. The Morgan fingerprint density at radius 2 is 2.20 bits per heavy atom. The summed E-state index contributed by atoms with van der Waals surface area (Å²) in [6.45, 7) is 0. The molecule has 3 heteroatoms. The van der Waals surface area contributed by atoms with Crippen LogP contribution in [0.2, 0.25) is 5.02 Å². The molecule has 0 amide bonds. The van der Waals surface area contributed by atoms with Crippen molar-refractivity contribution in [1.82, 2.24) is 0 Å². The summed E-state index contributed by atoms with van der Waals surface area (Å²) in [5.74, 6) is 0.0735. The Morgan fingerprint density at radius 3 is 2.80 bits per heavy atom. The van der Waals surface area contributed by atoms with E-state index in [9.17, 15) is 9.50 Å². The maximum Gasteiger partial charge on any atom is 0.147 e. The van der Waals surface area contributed by atoms with Gasteiger partial charge < -0.3 is 5.11 Å². The molecular formula is C12H14ClFO. The number of aliphatic hydroxyl groups is 1. The molecule has 1 saturated carbocycles. The van der Waals surface area contributed by atoms with Crippen molar-refractivity contribution in [2.45, 2.75) is 31.8 Å². The number of rotatable bonds is 3. The maximum atomic E-state index is 13.5. The van der Waals surface area contributed by atoms with Gasteiger partial charge in [-0.3, -0.25) is 0 Å². The Hall–Kier alpha value is -0.600. The van der Waals surface area contributed by atoms with Gasteiger partial charge >= 0.3 is 0 Å². The molecule has 0 bridgehead atoms. The van der Waals surface area contributed by atoms with Gasteiger partial charge in [-0.25, -0.2) is 4.39 Å². The van der Waals surface area contributed by atoms with Gasteiger partial charge in [0.15, 0.2) is 0 Å². The highest BCUT2D eigenvalue weighted by molar-refractivity contribution is 6.30. The molecule has 1 aromatic rings. The number of hydrogen-bond donors (Lipinski definition) is 1. The molecule has 0 heterocycles. The van der Waals surface area contributed by atoms with Crippen molar-refractivity contribution >= 4 is 11.6 Å². The molecule has 1 aromatic carbocycles. The standard InChI is InChI=1S/C12H14ClFO/c13-10-6-2-5-9(12(10)14)11(15)7-8-3-1-4-8/h2,5-6,8,11,15H,1,3-4,7H2. The topological polar surface area (TPSA) is 20.2 Å². The molecule has 82 valence electrons. The van der Waals surface area contributed by atoms with Crippen molar-refractivity contribution < 1.29 is 9.50 Å². The van der Waals surface area contributed by atoms with E-state index in [1.165, 1.54) is 12.5 Å². The molecule has 1 nitrogen and oxygen atoms in total. The quantitative estimate of drug-likeness (QED) is 0.837. The monoisotopic (exact) mass is 228 g/mol. The van der Waals surface area contributed by atoms with Crippen LogP contribution in [-0.4, -0.2) is 5.11 Å². The van der Waals surface area contributed by atoms with Crippen LogP contribution in [0.25, 0.3) is 0 Å². The third-order valence-electron chi connectivity index (χ3n) is 3.12. The van der Waals surface area contributed by atoms with Crippen LogP contribution >= 0.6 is 11.6 Å². The Balaban J connectivity index is 2.09. The average molecular weight is 229 g/mol. The fourth-order valence-corrected chi connectivity index (χ4v) is 2.13. The first-order valence-corrected chi connectivity index (χ1v) is 5.68. The normalized spacial score (nSPS) is 18.6. The molecule has 1 atom stereocenters. The molecule has 1 fully saturated rings. The van der Waals surface area contributed by atoms with E-state index in [4.69, 9.17) is 11.6 Å². The minimum atomic E-state index is -0.714. The van der Waals surface area contributed by atoms with Crippen LogP contribution < -0.4 is 0 Å². The zero-order valence-corrected chi connectivity index (χ0v) is 9.17. The molecule has 2 rings (SSSR count). The second kappa shape index (κ2) is 4.50. The van der Waals surface area contributed by atoms with E-state index < -0.39 is 11.9 Å². The molecule has 0 spiro atoms. The van der Waals surface area contributed by atoms with E-state index in [0.29, 0.717) is 17.9 Å². The highest BCUT2D eigenvalue weighted by atomic mass is 35.5. The van der Waals surface area contributed by atoms with Gasteiger partial charge in [0.1, 0.15) is 5.82 Å². The lowest BCUT2D eigenvalue weighted by Gasteiger charge is -2.27. The van der Waals surface area contributed by atoms with Gasteiger partial charge in [0.05, 0.1) is 11.1 Å². The molecular weight excluding hydrogens is 215 g/mol. The van der Waals surface area contributed by atoms with E-state index in [1.54, 1.807) is 12.1 Å². The first kappa shape index (κ1) is 10.9. The summed E-state index contributed by atoms with van der Waals surface area (Å²) in [5.41, 5.74) is 0.328. The predicted octanol–water partition coefficient (Wildman–Crippen LogP) is 3.70. The van der Waals surface area contributed by atoms with E-state index >= 15 is 0 Å². The van der Waals surface area contributed by atoms with Crippen molar-refractivity contribution in [2.75, 3.05) is 0 Å². The van der Waals surface area contributed by atoms with Gasteiger partial charge in [-0.15, -0.1) is 0 Å². The first-order valence-electron chi connectivity index (χ1n) is 5.30. The smallest absolute Gasteiger partial charge is 0.147 e. The number of hydrogen-bond acceptors (Lipinski definition) is 1. The van der Waals surface area contributed by atoms with E-state index in [1.807, 2.05) is 0 Å². The Morgan fingerprint density at radius 1 is 1.47 bits per heavy atom. The number of aliphatic hydroxyl groups excluding tert-OH is 1. The second-order valence-corrected chi connectivity index (χ2v) is 4.60. The van der Waals surface area contributed by atoms with Crippen LogP contribution in [0.4, 0.5) is 4.39 Å². The van der Waals surface area contributed by atoms with Crippen molar-refractivity contribution in [3.63, 3.8) is 0 Å². The zero-order chi connectivity index (χ0) is 10.8. The Bertz CT molecular complexity index is 349. The van der Waals surface area contributed by atoms with Crippen molar-refractivity contribution in [3.8, 4) is 0 Å². The Kier molecular flexibility index (Phi) is 3.27. The lowest BCUT2D eigenvalue weighted by atomic mass is 9.80. The van der Waals surface area contributed by atoms with E-state index in [-0.39, 0.29) is 5.02 Å². The summed E-state index contributed by atoms with van der Waals surface area (Å²) in [7, 11) is 0. The summed E-state index contributed by atoms with van der Waals surface area (Å²) in [4.78, 5) is 0. The summed E-state index contributed by atoms with van der Waals surface area (Å²) in [6, 6.07) is 4.77. The molecule has 1 N–H and O–H groups in total. The van der Waals surface area contributed by atoms with Crippen molar-refractivity contribution in [3.05, 3.63) is 34.6 Å². The highest BCUT2D eigenvalue weighted by Crippen LogP contribution is 2.36. The van der Waals surface area contributed by atoms with Gasteiger partial charge in [0.2, 0.25) is 0 Å². The molecule has 0 aliphatic heterocycles. The van der Waals surface area contributed by atoms with Gasteiger partial charge in [-0.05, 0) is 18.4 Å². The van der Waals surface area contributed by atoms with Gasteiger partial charge in [-0.2, -0.15) is 0 Å². The van der Waals surface area contributed by atoms with Crippen LogP contribution in [0, 0.1) is 11.7 Å².